The zero-order valence-corrected chi connectivity index (χ0v) is 12.4. The van der Waals surface area contributed by atoms with Crippen molar-refractivity contribution >= 4 is 5.78 Å². The fourth-order valence-corrected chi connectivity index (χ4v) is 3.35. The van der Waals surface area contributed by atoms with Crippen LogP contribution in [0.25, 0.3) is 0 Å². The number of carbonyl (C=O) groups excluding carboxylic acids is 1. The molecule has 0 atom stereocenters. The number of allylic oxidation sites excluding steroid dienone is 9. The first-order chi connectivity index (χ1) is 9.73. The second-order valence-electron chi connectivity index (χ2n) is 5.62. The molecule has 0 bridgehead atoms. The molecule has 1 saturated carbocycles. The molecule has 0 amide bonds. The van der Waals surface area contributed by atoms with E-state index < -0.39 is 0 Å². The Morgan fingerprint density at radius 2 is 2.05 bits per heavy atom. The van der Waals surface area contributed by atoms with Gasteiger partial charge in [-0.2, -0.15) is 0 Å². The molecule has 0 saturated heterocycles. The summed E-state index contributed by atoms with van der Waals surface area (Å²) in [5, 5.41) is 0. The zero-order valence-electron chi connectivity index (χ0n) is 12.4. The average Bonchev–Trinajstić information content (AvgIpc) is 2.49. The Bertz CT molecular complexity index is 490. The maximum absolute atomic E-state index is 11.7. The smallest absolute Gasteiger partial charge is 0.133 e. The lowest BCUT2D eigenvalue weighted by atomic mass is 9.63. The molecule has 0 spiro atoms. The SMILES string of the molecule is C=C/C=C(\C=C/C)C1(C2=CCCC=C2)CCC(=O)CC1. The molecule has 0 unspecified atom stereocenters. The molecule has 0 aromatic rings. The molecule has 1 nitrogen and oxygen atoms in total. The molecule has 1 heteroatoms. The molecule has 0 N–H and O–H groups in total. The van der Waals surface area contributed by atoms with Gasteiger partial charge >= 0.3 is 0 Å². The summed E-state index contributed by atoms with van der Waals surface area (Å²) in [7, 11) is 0. The summed E-state index contributed by atoms with van der Waals surface area (Å²) in [6.07, 6.45) is 20.6. The van der Waals surface area contributed by atoms with Crippen molar-refractivity contribution in [3.63, 3.8) is 0 Å². The Kier molecular flexibility index (Phi) is 4.94. The molecule has 106 valence electrons. The summed E-state index contributed by atoms with van der Waals surface area (Å²) in [5.74, 6) is 0.402. The first kappa shape index (κ1) is 14.8. The second-order valence-corrected chi connectivity index (χ2v) is 5.62. The highest BCUT2D eigenvalue weighted by molar-refractivity contribution is 5.80. The number of carbonyl (C=O) groups is 1. The van der Waals surface area contributed by atoms with Gasteiger partial charge in [0.05, 0.1) is 0 Å². The molecular formula is C19H24O. The minimum absolute atomic E-state index is 0.00549. The number of Topliss-reactive ketones (excluding diaryl/α,β-unsaturated/α-hetero) is 1. The van der Waals surface area contributed by atoms with Crippen LogP contribution >= 0.6 is 0 Å². The molecule has 2 rings (SSSR count). The van der Waals surface area contributed by atoms with Gasteiger partial charge in [0, 0.05) is 18.3 Å². The van der Waals surface area contributed by atoms with E-state index in [0.717, 1.165) is 25.7 Å². The molecule has 20 heavy (non-hydrogen) atoms. The quantitative estimate of drug-likeness (QED) is 0.650. The minimum Gasteiger partial charge on any atom is -0.300 e. The lowest BCUT2D eigenvalue weighted by molar-refractivity contribution is -0.121. The van der Waals surface area contributed by atoms with Crippen LogP contribution in [-0.2, 0) is 4.79 Å². The van der Waals surface area contributed by atoms with E-state index in [1.54, 1.807) is 0 Å². The van der Waals surface area contributed by atoms with Gasteiger partial charge in [0.2, 0.25) is 0 Å². The number of hydrogen-bond donors (Lipinski definition) is 0. The van der Waals surface area contributed by atoms with Crippen molar-refractivity contribution in [1.29, 1.82) is 0 Å². The van der Waals surface area contributed by atoms with Crippen molar-refractivity contribution in [2.75, 3.05) is 0 Å². The van der Waals surface area contributed by atoms with Gasteiger partial charge in [-0.25, -0.2) is 0 Å². The second kappa shape index (κ2) is 6.69. The maximum Gasteiger partial charge on any atom is 0.133 e. The van der Waals surface area contributed by atoms with E-state index in [-0.39, 0.29) is 5.41 Å². The van der Waals surface area contributed by atoms with E-state index >= 15 is 0 Å². The van der Waals surface area contributed by atoms with E-state index in [1.807, 2.05) is 13.0 Å². The van der Waals surface area contributed by atoms with Gasteiger partial charge in [-0.05, 0) is 43.8 Å². The summed E-state index contributed by atoms with van der Waals surface area (Å²) in [5.41, 5.74) is 2.69. The van der Waals surface area contributed by atoms with Crippen molar-refractivity contribution in [3.8, 4) is 0 Å². The highest BCUT2D eigenvalue weighted by Gasteiger charge is 2.39. The summed E-state index contributed by atoms with van der Waals surface area (Å²) >= 11 is 0. The average molecular weight is 268 g/mol. The van der Waals surface area contributed by atoms with Crippen LogP contribution in [-0.4, -0.2) is 5.78 Å². The van der Waals surface area contributed by atoms with E-state index in [4.69, 9.17) is 0 Å². The number of ketones is 1. The van der Waals surface area contributed by atoms with Gasteiger partial charge in [0.25, 0.3) is 0 Å². The predicted octanol–water partition coefficient (Wildman–Crippen LogP) is 5.08. The van der Waals surface area contributed by atoms with Gasteiger partial charge in [-0.3, -0.25) is 4.79 Å². The van der Waals surface area contributed by atoms with Crippen LogP contribution in [0.15, 0.2) is 60.3 Å². The summed E-state index contributed by atoms with van der Waals surface area (Å²) in [6.45, 7) is 5.90. The van der Waals surface area contributed by atoms with Crippen LogP contribution in [0.5, 0.6) is 0 Å². The Labute approximate surface area is 122 Å². The van der Waals surface area contributed by atoms with Gasteiger partial charge in [0.1, 0.15) is 5.78 Å². The topological polar surface area (TPSA) is 17.1 Å². The third kappa shape index (κ3) is 2.92. The molecule has 0 aromatic heterocycles. The Morgan fingerprint density at radius 3 is 2.60 bits per heavy atom. The highest BCUT2D eigenvalue weighted by Crippen LogP contribution is 2.49. The summed E-state index contributed by atoms with van der Waals surface area (Å²) in [6, 6.07) is 0. The first-order valence-electron chi connectivity index (χ1n) is 7.58. The summed E-state index contributed by atoms with van der Waals surface area (Å²) < 4.78 is 0. The monoisotopic (exact) mass is 268 g/mol. The largest absolute Gasteiger partial charge is 0.300 e. The number of hydrogen-bond acceptors (Lipinski definition) is 1. The molecular weight excluding hydrogens is 244 g/mol. The van der Waals surface area contributed by atoms with E-state index in [2.05, 4.69) is 43.0 Å². The van der Waals surface area contributed by atoms with Crippen LogP contribution in [0.2, 0.25) is 0 Å². The van der Waals surface area contributed by atoms with Gasteiger partial charge in [-0.15, -0.1) is 0 Å². The van der Waals surface area contributed by atoms with E-state index in [0.29, 0.717) is 18.6 Å². The first-order valence-corrected chi connectivity index (χ1v) is 7.58. The molecule has 0 aromatic carbocycles. The molecule has 0 aliphatic heterocycles. The van der Waals surface area contributed by atoms with Crippen LogP contribution < -0.4 is 0 Å². The normalized spacial score (nSPS) is 22.9. The molecule has 2 aliphatic rings. The van der Waals surface area contributed by atoms with Crippen LogP contribution in [0.4, 0.5) is 0 Å². The van der Waals surface area contributed by atoms with Crippen molar-refractivity contribution in [2.24, 2.45) is 5.41 Å². The predicted molar refractivity (Wildman–Crippen MR) is 85.5 cm³/mol. The van der Waals surface area contributed by atoms with E-state index in [9.17, 15) is 4.79 Å². The molecule has 0 heterocycles. The van der Waals surface area contributed by atoms with E-state index in [1.165, 1.54) is 11.1 Å². The Hall–Kier alpha value is -1.63. The van der Waals surface area contributed by atoms with Crippen molar-refractivity contribution in [3.05, 3.63) is 60.3 Å². The van der Waals surface area contributed by atoms with Gasteiger partial charge in [0.15, 0.2) is 0 Å². The maximum atomic E-state index is 11.7. The fraction of sp³-hybridized carbons (Fsp3) is 0.421. The lowest BCUT2D eigenvalue weighted by Gasteiger charge is -2.40. The van der Waals surface area contributed by atoms with Gasteiger partial charge in [-0.1, -0.05) is 49.1 Å². The van der Waals surface area contributed by atoms with Crippen molar-refractivity contribution in [2.45, 2.75) is 45.4 Å². The number of rotatable bonds is 4. The third-order valence-corrected chi connectivity index (χ3v) is 4.41. The van der Waals surface area contributed by atoms with Crippen LogP contribution in [0, 0.1) is 5.41 Å². The van der Waals surface area contributed by atoms with Crippen molar-refractivity contribution in [1.82, 2.24) is 0 Å². The zero-order chi connectivity index (χ0) is 14.4. The highest BCUT2D eigenvalue weighted by atomic mass is 16.1. The molecule has 0 radical (unpaired) electrons. The van der Waals surface area contributed by atoms with Gasteiger partial charge < -0.3 is 0 Å². The van der Waals surface area contributed by atoms with Crippen LogP contribution in [0.3, 0.4) is 0 Å². The lowest BCUT2D eigenvalue weighted by Crippen LogP contribution is -2.31. The summed E-state index contributed by atoms with van der Waals surface area (Å²) in [4.78, 5) is 11.7. The van der Waals surface area contributed by atoms with Crippen LogP contribution in [0.1, 0.15) is 45.4 Å². The standard InChI is InChI=1S/C19H24O/c1-3-8-16(9-4-2)19(14-12-18(20)13-15-19)17-10-6-5-7-11-17/h3-4,6,8-11H,1,5,7,12-15H2,2H3/b9-4-,16-8+. The molecule has 1 fully saturated rings. The van der Waals surface area contributed by atoms with Crippen molar-refractivity contribution < 1.29 is 4.79 Å². The fourth-order valence-electron chi connectivity index (χ4n) is 3.35. The Morgan fingerprint density at radius 1 is 1.30 bits per heavy atom. The minimum atomic E-state index is 0.00549. The Balaban J connectivity index is 2.45. The third-order valence-electron chi connectivity index (χ3n) is 4.41. The molecule has 2 aliphatic carbocycles.